The smallest absolute Gasteiger partial charge is 0.306 e. The third kappa shape index (κ3) is 4.10. The number of imide groups is 1. The lowest BCUT2D eigenvalue weighted by Gasteiger charge is -2.10. The summed E-state index contributed by atoms with van der Waals surface area (Å²) in [5, 5.41) is 3.58. The molecule has 0 aliphatic carbocycles. The van der Waals surface area contributed by atoms with E-state index in [4.69, 9.17) is 34.8 Å². The van der Waals surface area contributed by atoms with Gasteiger partial charge in [0.2, 0.25) is 0 Å². The molecule has 0 radical (unpaired) electrons. The van der Waals surface area contributed by atoms with Crippen LogP contribution in [0.1, 0.15) is 10.4 Å². The predicted molar refractivity (Wildman–Crippen MR) is 84.3 cm³/mol. The van der Waals surface area contributed by atoms with Crippen LogP contribution >= 0.6 is 34.8 Å². The van der Waals surface area contributed by atoms with Gasteiger partial charge in [-0.2, -0.15) is 0 Å². The van der Waals surface area contributed by atoms with Crippen molar-refractivity contribution in [2.75, 3.05) is 5.32 Å². The van der Waals surface area contributed by atoms with Crippen LogP contribution in [0.15, 0.2) is 30.3 Å². The molecular formula is C14H7Cl3F2N2O2. The quantitative estimate of drug-likeness (QED) is 0.730. The fraction of sp³-hybridized carbons (Fsp3) is 0. The molecule has 2 N–H and O–H groups in total. The summed E-state index contributed by atoms with van der Waals surface area (Å²) < 4.78 is 26.4. The maximum Gasteiger partial charge on any atom is 0.326 e. The number of urea groups is 1. The highest BCUT2D eigenvalue weighted by Gasteiger charge is 2.18. The molecule has 2 aromatic carbocycles. The van der Waals surface area contributed by atoms with Crippen molar-refractivity contribution in [3.63, 3.8) is 0 Å². The Kier molecular flexibility index (Phi) is 5.41. The number of hydrogen-bond donors (Lipinski definition) is 2. The van der Waals surface area contributed by atoms with Gasteiger partial charge in [0, 0.05) is 6.07 Å². The van der Waals surface area contributed by atoms with Gasteiger partial charge in [-0.1, -0.05) is 40.9 Å². The van der Waals surface area contributed by atoms with E-state index in [1.807, 2.05) is 5.32 Å². The van der Waals surface area contributed by atoms with Crippen LogP contribution in [0.5, 0.6) is 0 Å². The van der Waals surface area contributed by atoms with Gasteiger partial charge in [0.15, 0.2) is 0 Å². The summed E-state index contributed by atoms with van der Waals surface area (Å²) in [6.07, 6.45) is 0. The summed E-state index contributed by atoms with van der Waals surface area (Å²) >= 11 is 17.3. The van der Waals surface area contributed by atoms with Crippen LogP contribution in [0.4, 0.5) is 19.3 Å². The molecule has 23 heavy (non-hydrogen) atoms. The summed E-state index contributed by atoms with van der Waals surface area (Å²) in [6.45, 7) is 0. The monoisotopic (exact) mass is 378 g/mol. The zero-order chi connectivity index (χ0) is 17.1. The van der Waals surface area contributed by atoms with Crippen LogP contribution in [-0.2, 0) is 0 Å². The van der Waals surface area contributed by atoms with E-state index in [9.17, 15) is 18.4 Å². The molecule has 0 bridgehead atoms. The minimum absolute atomic E-state index is 0.0395. The van der Waals surface area contributed by atoms with E-state index in [1.54, 1.807) is 0 Å². The van der Waals surface area contributed by atoms with E-state index in [0.29, 0.717) is 6.07 Å². The number of anilines is 1. The van der Waals surface area contributed by atoms with E-state index in [1.165, 1.54) is 18.2 Å². The first-order chi connectivity index (χ1) is 10.8. The van der Waals surface area contributed by atoms with Gasteiger partial charge in [-0.3, -0.25) is 10.1 Å². The minimum atomic E-state index is -1.06. The van der Waals surface area contributed by atoms with Crippen LogP contribution in [-0.4, -0.2) is 11.9 Å². The van der Waals surface area contributed by atoms with Crippen molar-refractivity contribution in [1.82, 2.24) is 5.32 Å². The van der Waals surface area contributed by atoms with Gasteiger partial charge >= 0.3 is 6.03 Å². The van der Waals surface area contributed by atoms with Crippen LogP contribution < -0.4 is 10.6 Å². The van der Waals surface area contributed by atoms with E-state index >= 15 is 0 Å². The molecule has 9 heteroatoms. The number of hydrogen-bond acceptors (Lipinski definition) is 2. The lowest BCUT2D eigenvalue weighted by atomic mass is 10.2. The van der Waals surface area contributed by atoms with Crippen molar-refractivity contribution in [3.05, 3.63) is 62.6 Å². The fourth-order valence-electron chi connectivity index (χ4n) is 1.68. The molecule has 0 saturated carbocycles. The standard InChI is InChI=1S/C14H7Cl3F2N2O2/c15-7-2-1-3-8(16)11(7)13(22)21-14(23)20-10-5-6(18)4-9(19)12(10)17/h1-5H,(H2,20,21,22,23). The van der Waals surface area contributed by atoms with Crippen LogP contribution in [0.3, 0.4) is 0 Å². The highest BCUT2D eigenvalue weighted by atomic mass is 35.5. The molecule has 0 fully saturated rings. The Labute approximate surface area is 144 Å². The molecule has 0 aromatic heterocycles. The van der Waals surface area contributed by atoms with Crippen molar-refractivity contribution < 1.29 is 18.4 Å². The summed E-state index contributed by atoms with van der Waals surface area (Å²) in [4.78, 5) is 23.7. The van der Waals surface area contributed by atoms with Gasteiger partial charge in [0.05, 0.1) is 21.3 Å². The van der Waals surface area contributed by atoms with Gasteiger partial charge in [-0.25, -0.2) is 13.6 Å². The molecular weight excluding hydrogens is 373 g/mol. The van der Waals surface area contributed by atoms with Crippen molar-refractivity contribution in [2.45, 2.75) is 0 Å². The zero-order valence-electron chi connectivity index (χ0n) is 11.1. The van der Waals surface area contributed by atoms with Crippen molar-refractivity contribution in [1.29, 1.82) is 0 Å². The maximum absolute atomic E-state index is 13.3. The molecule has 0 aliphatic rings. The number of amides is 3. The van der Waals surface area contributed by atoms with E-state index in [2.05, 4.69) is 5.32 Å². The maximum atomic E-state index is 13.3. The second kappa shape index (κ2) is 7.12. The first-order valence-corrected chi connectivity index (χ1v) is 7.14. The molecule has 0 aliphatic heterocycles. The third-order valence-electron chi connectivity index (χ3n) is 2.66. The van der Waals surface area contributed by atoms with Crippen LogP contribution in [0, 0.1) is 11.6 Å². The van der Waals surface area contributed by atoms with E-state index in [0.717, 1.165) is 6.07 Å². The molecule has 2 rings (SSSR count). The Bertz CT molecular complexity index is 780. The van der Waals surface area contributed by atoms with Gasteiger partial charge in [-0.05, 0) is 18.2 Å². The Morgan fingerprint density at radius 1 is 1.00 bits per heavy atom. The Balaban J connectivity index is 2.16. The highest BCUT2D eigenvalue weighted by molar-refractivity contribution is 6.40. The molecule has 0 saturated heterocycles. The number of carbonyl (C=O) groups excluding carboxylic acids is 2. The fourth-order valence-corrected chi connectivity index (χ4v) is 2.41. The number of benzene rings is 2. The largest absolute Gasteiger partial charge is 0.326 e. The number of nitrogens with one attached hydrogen (secondary N) is 2. The molecule has 120 valence electrons. The van der Waals surface area contributed by atoms with Crippen molar-refractivity contribution in [2.24, 2.45) is 0 Å². The Morgan fingerprint density at radius 3 is 2.22 bits per heavy atom. The second-order valence-corrected chi connectivity index (χ2v) is 5.45. The minimum Gasteiger partial charge on any atom is -0.306 e. The normalized spacial score (nSPS) is 10.3. The summed E-state index contributed by atoms with van der Waals surface area (Å²) in [7, 11) is 0. The molecule has 0 heterocycles. The molecule has 0 spiro atoms. The molecule has 4 nitrogen and oxygen atoms in total. The molecule has 0 unspecified atom stereocenters. The number of halogens is 5. The molecule has 3 amide bonds. The summed E-state index contributed by atoms with van der Waals surface area (Å²) in [5.74, 6) is -2.88. The van der Waals surface area contributed by atoms with Gasteiger partial charge < -0.3 is 5.32 Å². The number of carbonyl (C=O) groups is 2. The van der Waals surface area contributed by atoms with Crippen LogP contribution in [0.25, 0.3) is 0 Å². The van der Waals surface area contributed by atoms with Crippen molar-refractivity contribution >= 4 is 52.4 Å². The topological polar surface area (TPSA) is 58.2 Å². The Morgan fingerprint density at radius 2 is 1.61 bits per heavy atom. The van der Waals surface area contributed by atoms with Gasteiger partial charge in [0.1, 0.15) is 16.7 Å². The second-order valence-electron chi connectivity index (χ2n) is 4.25. The molecule has 2 aromatic rings. The average Bonchev–Trinajstić information content (AvgIpc) is 2.43. The average molecular weight is 380 g/mol. The predicted octanol–water partition coefficient (Wildman–Crippen LogP) is 4.89. The van der Waals surface area contributed by atoms with E-state index < -0.39 is 28.6 Å². The third-order valence-corrected chi connectivity index (χ3v) is 3.67. The first kappa shape index (κ1) is 17.5. The zero-order valence-corrected chi connectivity index (χ0v) is 13.4. The molecule has 0 atom stereocenters. The lowest BCUT2D eigenvalue weighted by Crippen LogP contribution is -2.34. The van der Waals surface area contributed by atoms with E-state index in [-0.39, 0.29) is 21.3 Å². The van der Waals surface area contributed by atoms with Gasteiger partial charge in [0.25, 0.3) is 5.91 Å². The Hall–Kier alpha value is -1.89. The first-order valence-electron chi connectivity index (χ1n) is 6.00. The summed E-state index contributed by atoms with van der Waals surface area (Å²) in [5.41, 5.74) is -0.442. The highest BCUT2D eigenvalue weighted by Crippen LogP contribution is 2.27. The van der Waals surface area contributed by atoms with Crippen molar-refractivity contribution in [3.8, 4) is 0 Å². The van der Waals surface area contributed by atoms with Crippen LogP contribution in [0.2, 0.25) is 15.1 Å². The summed E-state index contributed by atoms with van der Waals surface area (Å²) in [6, 6.07) is 4.66. The number of rotatable bonds is 2. The van der Waals surface area contributed by atoms with Gasteiger partial charge in [-0.15, -0.1) is 0 Å². The SMILES string of the molecule is O=C(NC(=O)c1c(Cl)cccc1Cl)Nc1cc(F)cc(F)c1Cl. The lowest BCUT2D eigenvalue weighted by molar-refractivity contribution is 0.0967.